The number of carbonyl (C=O) groups excluding carboxylic acids is 1. The molecule has 32 heavy (non-hydrogen) atoms. The number of hydrogen-bond donors (Lipinski definition) is 1. The average molecular weight is 435 g/mol. The van der Waals surface area contributed by atoms with Crippen LogP contribution in [0.25, 0.3) is 22.6 Å². The summed E-state index contributed by atoms with van der Waals surface area (Å²) < 4.78 is 23.4. The number of carbonyl (C=O) groups is 1. The highest BCUT2D eigenvalue weighted by Gasteiger charge is 2.39. The SMILES string of the molecule is Cc1cn2nc(-c3cc(F)c4nc(NC(=O)C5CN(C6COC6)C5)cn4c3)cc(C)c2n1. The van der Waals surface area contributed by atoms with Gasteiger partial charge < -0.3 is 14.5 Å². The van der Waals surface area contributed by atoms with Crippen LogP contribution in [0.2, 0.25) is 0 Å². The molecule has 0 unspecified atom stereocenters. The minimum atomic E-state index is -0.482. The van der Waals surface area contributed by atoms with Crippen molar-refractivity contribution in [1.82, 2.24) is 28.9 Å². The summed E-state index contributed by atoms with van der Waals surface area (Å²) in [7, 11) is 0. The second-order valence-electron chi connectivity index (χ2n) is 8.63. The standard InChI is InChI=1S/C22H22FN7O2/c1-12-3-18(27-30-5-13(2)24-20(12)30)14-4-17(23)21-25-19(9-29(21)6-14)26-22(31)15-7-28(8-15)16-10-32-11-16/h3-6,9,15-16H,7-8,10-11H2,1-2H3,(H,26,31). The van der Waals surface area contributed by atoms with Crippen LogP contribution >= 0.6 is 0 Å². The highest BCUT2D eigenvalue weighted by Crippen LogP contribution is 2.26. The van der Waals surface area contributed by atoms with E-state index in [-0.39, 0.29) is 17.5 Å². The minimum absolute atomic E-state index is 0.0849. The van der Waals surface area contributed by atoms with Crippen LogP contribution in [0.4, 0.5) is 10.2 Å². The number of ether oxygens (including phenoxy) is 1. The van der Waals surface area contributed by atoms with Crippen molar-refractivity contribution in [3.05, 3.63) is 47.8 Å². The lowest BCUT2D eigenvalue weighted by Gasteiger charge is -2.46. The maximum atomic E-state index is 14.9. The van der Waals surface area contributed by atoms with Crippen molar-refractivity contribution < 1.29 is 13.9 Å². The van der Waals surface area contributed by atoms with Crippen LogP contribution < -0.4 is 5.32 Å². The lowest BCUT2D eigenvalue weighted by molar-refractivity contribution is -0.135. The molecule has 0 bridgehead atoms. The molecule has 6 rings (SSSR count). The van der Waals surface area contributed by atoms with Gasteiger partial charge in [-0.25, -0.2) is 18.9 Å². The van der Waals surface area contributed by atoms with Gasteiger partial charge in [0, 0.05) is 24.8 Å². The van der Waals surface area contributed by atoms with Crippen molar-refractivity contribution in [2.75, 3.05) is 31.6 Å². The Kier molecular flexibility index (Phi) is 4.27. The summed E-state index contributed by atoms with van der Waals surface area (Å²) >= 11 is 0. The van der Waals surface area contributed by atoms with E-state index in [1.54, 1.807) is 21.3 Å². The second kappa shape index (κ2) is 7.07. The first kappa shape index (κ1) is 19.3. The molecule has 4 aromatic heterocycles. The smallest absolute Gasteiger partial charge is 0.231 e. The van der Waals surface area contributed by atoms with Crippen molar-refractivity contribution in [3.63, 3.8) is 0 Å². The van der Waals surface area contributed by atoms with Crippen LogP contribution in [0.3, 0.4) is 0 Å². The summed E-state index contributed by atoms with van der Waals surface area (Å²) in [5.41, 5.74) is 3.98. The molecule has 1 N–H and O–H groups in total. The van der Waals surface area contributed by atoms with E-state index in [4.69, 9.17) is 4.74 Å². The zero-order valence-electron chi connectivity index (χ0n) is 17.7. The molecule has 0 spiro atoms. The monoisotopic (exact) mass is 435 g/mol. The van der Waals surface area contributed by atoms with Crippen molar-refractivity contribution in [3.8, 4) is 11.3 Å². The molecule has 164 valence electrons. The summed E-state index contributed by atoms with van der Waals surface area (Å²) in [4.78, 5) is 23.5. The summed E-state index contributed by atoms with van der Waals surface area (Å²) in [6.45, 7) is 6.77. The Morgan fingerprint density at radius 1 is 1.12 bits per heavy atom. The quantitative estimate of drug-likeness (QED) is 0.528. The molecule has 0 aliphatic carbocycles. The maximum absolute atomic E-state index is 14.9. The van der Waals surface area contributed by atoms with Crippen LogP contribution in [0.1, 0.15) is 11.3 Å². The molecule has 0 radical (unpaired) electrons. The third-order valence-corrected chi connectivity index (χ3v) is 6.20. The van der Waals surface area contributed by atoms with Gasteiger partial charge in [-0.15, -0.1) is 0 Å². The van der Waals surface area contributed by atoms with E-state index >= 15 is 0 Å². The summed E-state index contributed by atoms with van der Waals surface area (Å²) in [6, 6.07) is 3.73. The van der Waals surface area contributed by atoms with Crippen LogP contribution in [-0.4, -0.2) is 67.1 Å². The Labute approximate surface area is 182 Å². The van der Waals surface area contributed by atoms with Gasteiger partial charge in [-0.05, 0) is 31.5 Å². The molecular formula is C22H22FN7O2. The van der Waals surface area contributed by atoms with E-state index < -0.39 is 5.82 Å². The molecule has 2 saturated heterocycles. The second-order valence-corrected chi connectivity index (χ2v) is 8.63. The van der Waals surface area contributed by atoms with Crippen LogP contribution in [-0.2, 0) is 9.53 Å². The third kappa shape index (κ3) is 3.14. The van der Waals surface area contributed by atoms with Crippen molar-refractivity contribution in [2.45, 2.75) is 19.9 Å². The molecule has 10 heteroatoms. The van der Waals surface area contributed by atoms with E-state index in [0.29, 0.717) is 36.2 Å². The maximum Gasteiger partial charge on any atom is 0.231 e. The zero-order chi connectivity index (χ0) is 22.0. The Morgan fingerprint density at radius 3 is 2.69 bits per heavy atom. The Balaban J connectivity index is 1.25. The van der Waals surface area contributed by atoms with E-state index in [9.17, 15) is 9.18 Å². The number of halogens is 1. The van der Waals surface area contributed by atoms with Gasteiger partial charge in [0.2, 0.25) is 5.91 Å². The number of likely N-dealkylation sites (tertiary alicyclic amines) is 1. The third-order valence-electron chi connectivity index (χ3n) is 6.20. The highest BCUT2D eigenvalue weighted by atomic mass is 19.1. The molecule has 2 aliphatic rings. The van der Waals surface area contributed by atoms with Gasteiger partial charge in [0.15, 0.2) is 22.9 Å². The van der Waals surface area contributed by atoms with E-state index in [1.807, 2.05) is 26.1 Å². The van der Waals surface area contributed by atoms with Crippen LogP contribution in [0.5, 0.6) is 0 Å². The van der Waals surface area contributed by atoms with E-state index in [1.165, 1.54) is 6.07 Å². The van der Waals surface area contributed by atoms with Gasteiger partial charge in [0.25, 0.3) is 0 Å². The normalized spacial score (nSPS) is 17.6. The lowest BCUT2D eigenvalue weighted by Crippen LogP contribution is -2.61. The fourth-order valence-electron chi connectivity index (χ4n) is 4.28. The largest absolute Gasteiger partial charge is 0.378 e. The van der Waals surface area contributed by atoms with Gasteiger partial charge in [0.1, 0.15) is 0 Å². The predicted molar refractivity (Wildman–Crippen MR) is 115 cm³/mol. The number of imidazole rings is 2. The van der Waals surface area contributed by atoms with Crippen LogP contribution in [0, 0.1) is 25.6 Å². The average Bonchev–Trinajstić information content (AvgIpc) is 3.25. The first-order valence-electron chi connectivity index (χ1n) is 10.6. The number of nitrogens with one attached hydrogen (secondary N) is 1. The number of aromatic nitrogens is 5. The fraction of sp³-hybridized carbons (Fsp3) is 0.364. The summed E-state index contributed by atoms with van der Waals surface area (Å²) in [6.07, 6.45) is 5.23. The van der Waals surface area contributed by atoms with Crippen molar-refractivity contribution >= 4 is 23.0 Å². The molecule has 1 amide bonds. The zero-order valence-corrected chi connectivity index (χ0v) is 17.7. The highest BCUT2D eigenvalue weighted by molar-refractivity contribution is 5.93. The predicted octanol–water partition coefficient (Wildman–Crippen LogP) is 2.07. The number of rotatable bonds is 4. The first-order valence-corrected chi connectivity index (χ1v) is 10.6. The Hall–Kier alpha value is -3.37. The topological polar surface area (TPSA) is 89.1 Å². The first-order chi connectivity index (χ1) is 15.4. The van der Waals surface area contributed by atoms with E-state index in [0.717, 1.165) is 30.1 Å². The lowest BCUT2D eigenvalue weighted by atomic mass is 9.96. The number of amides is 1. The Bertz CT molecular complexity index is 1370. The molecule has 0 saturated carbocycles. The van der Waals surface area contributed by atoms with Crippen LogP contribution in [0.15, 0.2) is 30.7 Å². The number of hydrogen-bond acceptors (Lipinski definition) is 6. The van der Waals surface area contributed by atoms with Gasteiger partial charge in [0.05, 0.1) is 49.0 Å². The van der Waals surface area contributed by atoms with Crippen molar-refractivity contribution in [1.29, 1.82) is 0 Å². The molecule has 2 aliphatic heterocycles. The molecule has 0 atom stereocenters. The fourth-order valence-corrected chi connectivity index (χ4v) is 4.28. The molecule has 9 nitrogen and oxygen atoms in total. The van der Waals surface area contributed by atoms with Gasteiger partial charge in [-0.2, -0.15) is 5.10 Å². The van der Waals surface area contributed by atoms with E-state index in [2.05, 4.69) is 25.3 Å². The minimum Gasteiger partial charge on any atom is -0.378 e. The molecule has 0 aromatic carbocycles. The number of aryl methyl sites for hydroxylation is 2. The number of anilines is 1. The van der Waals surface area contributed by atoms with Gasteiger partial charge in [-0.1, -0.05) is 0 Å². The van der Waals surface area contributed by atoms with Gasteiger partial charge >= 0.3 is 0 Å². The molecule has 4 aromatic rings. The Morgan fingerprint density at radius 2 is 1.94 bits per heavy atom. The summed E-state index contributed by atoms with van der Waals surface area (Å²) in [5, 5.41) is 7.40. The molecule has 2 fully saturated rings. The molecule has 6 heterocycles. The van der Waals surface area contributed by atoms with Gasteiger partial charge in [-0.3, -0.25) is 9.69 Å². The summed E-state index contributed by atoms with van der Waals surface area (Å²) in [5.74, 6) is -0.326. The number of nitrogens with zero attached hydrogens (tertiary/aromatic N) is 6. The molecular weight excluding hydrogens is 413 g/mol. The number of pyridine rings is 1. The van der Waals surface area contributed by atoms with Crippen molar-refractivity contribution in [2.24, 2.45) is 5.92 Å². The number of fused-ring (bicyclic) bond motifs is 2.